The van der Waals surface area contributed by atoms with E-state index in [2.05, 4.69) is 33.0 Å². The first kappa shape index (κ1) is 11.9. The van der Waals surface area contributed by atoms with Gasteiger partial charge in [-0.1, -0.05) is 18.9 Å². The average molecular weight is 283 g/mol. The van der Waals surface area contributed by atoms with E-state index in [4.69, 9.17) is 5.73 Å². The number of rotatable bonds is 2. The molecule has 0 atom stereocenters. The quantitative estimate of drug-likeness (QED) is 0.843. The Labute approximate surface area is 106 Å². The Kier molecular flexibility index (Phi) is 4.24. The molecule has 3 heteroatoms. The fraction of sp³-hybridized carbons (Fsp3) is 0.538. The zero-order chi connectivity index (χ0) is 11.4. The molecular formula is C13H19BrN2. The van der Waals surface area contributed by atoms with Gasteiger partial charge in [0.15, 0.2) is 0 Å². The van der Waals surface area contributed by atoms with Gasteiger partial charge < -0.3 is 5.73 Å². The molecule has 1 heterocycles. The van der Waals surface area contributed by atoms with Crippen molar-refractivity contribution in [1.82, 2.24) is 4.90 Å². The first-order valence-electron chi connectivity index (χ1n) is 6.02. The lowest BCUT2D eigenvalue weighted by atomic mass is 10.2. The molecule has 0 saturated carbocycles. The molecule has 1 aliphatic heterocycles. The van der Waals surface area contributed by atoms with Gasteiger partial charge in [0.1, 0.15) is 0 Å². The van der Waals surface area contributed by atoms with Gasteiger partial charge in [0.05, 0.1) is 0 Å². The van der Waals surface area contributed by atoms with E-state index in [9.17, 15) is 0 Å². The third kappa shape index (κ3) is 3.22. The van der Waals surface area contributed by atoms with Crippen LogP contribution in [0.4, 0.5) is 5.69 Å². The summed E-state index contributed by atoms with van der Waals surface area (Å²) >= 11 is 3.48. The molecule has 0 radical (unpaired) electrons. The van der Waals surface area contributed by atoms with Gasteiger partial charge in [0.25, 0.3) is 0 Å². The van der Waals surface area contributed by atoms with Crippen molar-refractivity contribution in [3.63, 3.8) is 0 Å². The van der Waals surface area contributed by atoms with Crippen LogP contribution in [0.3, 0.4) is 0 Å². The number of hydrogen-bond donors (Lipinski definition) is 1. The van der Waals surface area contributed by atoms with Gasteiger partial charge in [0.2, 0.25) is 0 Å². The molecular weight excluding hydrogens is 264 g/mol. The fourth-order valence-corrected chi connectivity index (χ4v) is 2.65. The summed E-state index contributed by atoms with van der Waals surface area (Å²) in [5.74, 6) is 0. The monoisotopic (exact) mass is 282 g/mol. The molecule has 0 amide bonds. The second-order valence-corrected chi connectivity index (χ2v) is 5.40. The molecule has 2 N–H and O–H groups in total. The number of nitrogens with two attached hydrogens (primary N) is 1. The maximum Gasteiger partial charge on any atom is 0.0458 e. The molecule has 1 fully saturated rings. The van der Waals surface area contributed by atoms with Crippen molar-refractivity contribution in [2.45, 2.75) is 32.2 Å². The lowest BCUT2D eigenvalue weighted by Crippen LogP contribution is -2.23. The van der Waals surface area contributed by atoms with Crippen LogP contribution in [0.25, 0.3) is 0 Å². The lowest BCUT2D eigenvalue weighted by Gasteiger charge is -2.20. The van der Waals surface area contributed by atoms with Crippen molar-refractivity contribution >= 4 is 21.6 Å². The van der Waals surface area contributed by atoms with E-state index >= 15 is 0 Å². The van der Waals surface area contributed by atoms with E-state index in [0.717, 1.165) is 16.7 Å². The van der Waals surface area contributed by atoms with Crippen molar-refractivity contribution in [3.8, 4) is 0 Å². The summed E-state index contributed by atoms with van der Waals surface area (Å²) in [6, 6.07) is 6.25. The summed E-state index contributed by atoms with van der Waals surface area (Å²) in [6.45, 7) is 3.53. The first-order valence-corrected chi connectivity index (χ1v) is 6.81. The van der Waals surface area contributed by atoms with Crippen LogP contribution in [0.5, 0.6) is 0 Å². The Bertz CT molecular complexity index is 344. The summed E-state index contributed by atoms with van der Waals surface area (Å²) < 4.78 is 1.01. The second-order valence-electron chi connectivity index (χ2n) is 4.55. The SMILES string of the molecule is Nc1ccc(CN2CCCCCC2)cc1Br. The fourth-order valence-electron chi connectivity index (χ4n) is 2.22. The highest BCUT2D eigenvalue weighted by molar-refractivity contribution is 9.10. The molecule has 0 aromatic heterocycles. The van der Waals surface area contributed by atoms with Gasteiger partial charge in [0, 0.05) is 16.7 Å². The Morgan fingerprint density at radius 3 is 2.44 bits per heavy atom. The van der Waals surface area contributed by atoms with Crippen LogP contribution in [0, 0.1) is 0 Å². The molecule has 0 aliphatic carbocycles. The summed E-state index contributed by atoms with van der Waals surface area (Å²) in [5.41, 5.74) is 7.96. The highest BCUT2D eigenvalue weighted by Crippen LogP contribution is 2.22. The minimum absolute atomic E-state index is 0.819. The molecule has 0 unspecified atom stereocenters. The van der Waals surface area contributed by atoms with Crippen LogP contribution >= 0.6 is 15.9 Å². The minimum Gasteiger partial charge on any atom is -0.398 e. The van der Waals surface area contributed by atoms with Crippen molar-refractivity contribution in [3.05, 3.63) is 28.2 Å². The Morgan fingerprint density at radius 1 is 1.12 bits per heavy atom. The average Bonchev–Trinajstić information content (AvgIpc) is 2.52. The van der Waals surface area contributed by atoms with Crippen LogP contribution < -0.4 is 5.73 Å². The number of nitrogen functional groups attached to an aromatic ring is 1. The van der Waals surface area contributed by atoms with Gasteiger partial charge in [-0.05, 0) is 59.6 Å². The normalized spacial score (nSPS) is 18.3. The van der Waals surface area contributed by atoms with Crippen LogP contribution in [0.2, 0.25) is 0 Å². The van der Waals surface area contributed by atoms with Gasteiger partial charge in [-0.15, -0.1) is 0 Å². The van der Waals surface area contributed by atoms with Crippen LogP contribution in [0.1, 0.15) is 31.2 Å². The highest BCUT2D eigenvalue weighted by Gasteiger charge is 2.09. The van der Waals surface area contributed by atoms with Crippen LogP contribution in [-0.4, -0.2) is 18.0 Å². The van der Waals surface area contributed by atoms with Crippen molar-refractivity contribution in [1.29, 1.82) is 0 Å². The molecule has 88 valence electrons. The molecule has 2 nitrogen and oxygen atoms in total. The number of likely N-dealkylation sites (tertiary alicyclic amines) is 1. The van der Waals surface area contributed by atoms with Crippen molar-refractivity contribution in [2.24, 2.45) is 0 Å². The maximum absolute atomic E-state index is 5.79. The van der Waals surface area contributed by atoms with E-state index in [1.54, 1.807) is 0 Å². The number of hydrogen-bond acceptors (Lipinski definition) is 2. The number of halogens is 1. The Morgan fingerprint density at radius 2 is 1.81 bits per heavy atom. The summed E-state index contributed by atoms with van der Waals surface area (Å²) in [5, 5.41) is 0. The Balaban J connectivity index is 1.99. The molecule has 16 heavy (non-hydrogen) atoms. The van der Waals surface area contributed by atoms with E-state index in [-0.39, 0.29) is 0 Å². The summed E-state index contributed by atoms with van der Waals surface area (Å²) in [7, 11) is 0. The largest absolute Gasteiger partial charge is 0.398 e. The lowest BCUT2D eigenvalue weighted by molar-refractivity contribution is 0.277. The minimum atomic E-state index is 0.819. The second kappa shape index (κ2) is 5.69. The number of anilines is 1. The summed E-state index contributed by atoms with van der Waals surface area (Å²) in [4.78, 5) is 2.55. The summed E-state index contributed by atoms with van der Waals surface area (Å²) in [6.07, 6.45) is 5.47. The van der Waals surface area contributed by atoms with Gasteiger partial charge in [-0.25, -0.2) is 0 Å². The molecule has 1 aromatic carbocycles. The van der Waals surface area contributed by atoms with E-state index in [0.29, 0.717) is 0 Å². The predicted octanol–water partition coefficient (Wildman–Crippen LogP) is 3.41. The smallest absolute Gasteiger partial charge is 0.0458 e. The predicted molar refractivity (Wildman–Crippen MR) is 72.3 cm³/mol. The highest BCUT2D eigenvalue weighted by atomic mass is 79.9. The molecule has 1 aliphatic rings. The number of benzene rings is 1. The van der Waals surface area contributed by atoms with Crippen molar-refractivity contribution < 1.29 is 0 Å². The van der Waals surface area contributed by atoms with Crippen LogP contribution in [0.15, 0.2) is 22.7 Å². The first-order chi connectivity index (χ1) is 7.75. The van der Waals surface area contributed by atoms with Gasteiger partial charge in [-0.2, -0.15) is 0 Å². The zero-order valence-corrected chi connectivity index (χ0v) is 11.2. The third-order valence-electron chi connectivity index (χ3n) is 3.17. The van der Waals surface area contributed by atoms with Crippen LogP contribution in [-0.2, 0) is 6.54 Å². The molecule has 2 rings (SSSR count). The van der Waals surface area contributed by atoms with Gasteiger partial charge in [-0.3, -0.25) is 4.90 Å². The van der Waals surface area contributed by atoms with E-state index < -0.39 is 0 Å². The maximum atomic E-state index is 5.79. The molecule has 1 aromatic rings. The number of nitrogens with zero attached hydrogens (tertiary/aromatic N) is 1. The topological polar surface area (TPSA) is 29.3 Å². The van der Waals surface area contributed by atoms with E-state index in [1.165, 1.54) is 44.3 Å². The molecule has 0 bridgehead atoms. The molecule has 1 saturated heterocycles. The van der Waals surface area contributed by atoms with Gasteiger partial charge >= 0.3 is 0 Å². The Hall–Kier alpha value is -0.540. The standard InChI is InChI=1S/C13H19BrN2/c14-12-9-11(5-6-13(12)15)10-16-7-3-1-2-4-8-16/h5-6,9H,1-4,7-8,10,15H2. The van der Waals surface area contributed by atoms with Crippen molar-refractivity contribution in [2.75, 3.05) is 18.8 Å². The van der Waals surface area contributed by atoms with E-state index in [1.807, 2.05) is 6.07 Å². The zero-order valence-electron chi connectivity index (χ0n) is 9.58. The third-order valence-corrected chi connectivity index (χ3v) is 3.86. The molecule has 0 spiro atoms.